The summed E-state index contributed by atoms with van der Waals surface area (Å²) >= 11 is 0.960. The molecular weight excluding hydrogens is 332 g/mol. The van der Waals surface area contributed by atoms with Crippen LogP contribution in [0.2, 0.25) is 0 Å². The molecule has 0 aliphatic carbocycles. The molecule has 1 amide bonds. The molecule has 0 heterocycles. The van der Waals surface area contributed by atoms with Crippen LogP contribution in [0.3, 0.4) is 0 Å². The van der Waals surface area contributed by atoms with Gasteiger partial charge in [-0.1, -0.05) is 17.7 Å². The van der Waals surface area contributed by atoms with E-state index < -0.39 is 11.6 Å². The lowest BCUT2D eigenvalue weighted by molar-refractivity contribution is -0.118. The van der Waals surface area contributed by atoms with Crippen LogP contribution in [0.4, 0.5) is 8.78 Å². The summed E-state index contributed by atoms with van der Waals surface area (Å²) in [4.78, 5) is 11.9. The maximum absolute atomic E-state index is 13.4. The Morgan fingerprint density at radius 1 is 1.17 bits per heavy atom. The zero-order chi connectivity index (χ0) is 17.5. The van der Waals surface area contributed by atoms with Crippen LogP contribution in [0, 0.1) is 25.5 Å². The average Bonchev–Trinajstić information content (AvgIpc) is 2.54. The van der Waals surface area contributed by atoms with Crippen molar-refractivity contribution in [2.24, 2.45) is 0 Å². The molecule has 0 atom stereocenters. The number of amides is 1. The zero-order valence-electron chi connectivity index (χ0n) is 13.6. The highest BCUT2D eigenvalue weighted by atomic mass is 32.2. The molecule has 0 aromatic heterocycles. The van der Waals surface area contributed by atoms with Crippen molar-refractivity contribution in [3.05, 3.63) is 59.2 Å². The van der Waals surface area contributed by atoms with E-state index in [1.165, 1.54) is 0 Å². The van der Waals surface area contributed by atoms with E-state index in [9.17, 15) is 13.6 Å². The van der Waals surface area contributed by atoms with Gasteiger partial charge in [-0.3, -0.25) is 4.79 Å². The lowest BCUT2D eigenvalue weighted by Crippen LogP contribution is -2.29. The van der Waals surface area contributed by atoms with E-state index in [-0.39, 0.29) is 16.6 Å². The van der Waals surface area contributed by atoms with E-state index in [2.05, 4.69) is 5.32 Å². The lowest BCUT2D eigenvalue weighted by atomic mass is 10.1. The normalized spacial score (nSPS) is 10.5. The molecule has 2 aromatic carbocycles. The Hall–Kier alpha value is -2.08. The Balaban J connectivity index is 1.70. The minimum atomic E-state index is -0.535. The standard InChI is InChI=1S/C18H19F2NO2S/c1-12-3-6-16(13(2)9-12)23-8-7-21-18(22)11-24-17-10-14(19)4-5-15(17)20/h3-6,9-10H,7-8,11H2,1-2H3,(H,21,22). The van der Waals surface area contributed by atoms with Crippen molar-refractivity contribution in [1.29, 1.82) is 0 Å². The van der Waals surface area contributed by atoms with Crippen molar-refractivity contribution in [3.8, 4) is 5.75 Å². The first-order valence-electron chi connectivity index (χ1n) is 7.50. The fourth-order valence-corrected chi connectivity index (χ4v) is 2.89. The summed E-state index contributed by atoms with van der Waals surface area (Å²) in [6.45, 7) is 4.66. The fraction of sp³-hybridized carbons (Fsp3) is 0.278. The predicted molar refractivity (Wildman–Crippen MR) is 91.5 cm³/mol. The van der Waals surface area contributed by atoms with E-state index in [4.69, 9.17) is 4.74 Å². The number of benzene rings is 2. The number of rotatable bonds is 7. The Morgan fingerprint density at radius 2 is 1.96 bits per heavy atom. The van der Waals surface area contributed by atoms with Gasteiger partial charge >= 0.3 is 0 Å². The van der Waals surface area contributed by atoms with Gasteiger partial charge < -0.3 is 10.1 Å². The topological polar surface area (TPSA) is 38.3 Å². The van der Waals surface area contributed by atoms with Crippen LogP contribution in [0.5, 0.6) is 5.75 Å². The summed E-state index contributed by atoms with van der Waals surface area (Å²) in [5, 5.41) is 2.69. The predicted octanol–water partition coefficient (Wildman–Crippen LogP) is 3.87. The SMILES string of the molecule is Cc1ccc(OCCNC(=O)CSc2cc(F)ccc2F)c(C)c1. The third-order valence-electron chi connectivity index (χ3n) is 3.26. The van der Waals surface area contributed by atoms with Crippen molar-refractivity contribution >= 4 is 17.7 Å². The van der Waals surface area contributed by atoms with Crippen LogP contribution in [-0.4, -0.2) is 24.8 Å². The van der Waals surface area contributed by atoms with Crippen LogP contribution in [0.1, 0.15) is 11.1 Å². The number of hydrogen-bond donors (Lipinski definition) is 1. The third kappa shape index (κ3) is 5.53. The van der Waals surface area contributed by atoms with Gasteiger partial charge in [-0.15, -0.1) is 11.8 Å². The first kappa shape index (κ1) is 18.3. The molecule has 1 N–H and O–H groups in total. The van der Waals surface area contributed by atoms with Gasteiger partial charge in [0, 0.05) is 4.90 Å². The second kappa shape index (κ2) is 8.68. The van der Waals surface area contributed by atoms with Gasteiger partial charge in [-0.2, -0.15) is 0 Å². The van der Waals surface area contributed by atoms with E-state index in [1.807, 2.05) is 32.0 Å². The van der Waals surface area contributed by atoms with Crippen molar-refractivity contribution < 1.29 is 18.3 Å². The van der Waals surface area contributed by atoms with Gasteiger partial charge in [0.25, 0.3) is 0 Å². The molecule has 128 valence electrons. The van der Waals surface area contributed by atoms with E-state index >= 15 is 0 Å². The molecule has 2 aromatic rings. The monoisotopic (exact) mass is 351 g/mol. The molecule has 24 heavy (non-hydrogen) atoms. The summed E-state index contributed by atoms with van der Waals surface area (Å²) < 4.78 is 32.1. The quantitative estimate of drug-likeness (QED) is 0.608. The highest BCUT2D eigenvalue weighted by Crippen LogP contribution is 2.22. The maximum atomic E-state index is 13.4. The third-order valence-corrected chi connectivity index (χ3v) is 4.29. The summed E-state index contributed by atoms with van der Waals surface area (Å²) in [6.07, 6.45) is 0. The van der Waals surface area contributed by atoms with E-state index in [0.29, 0.717) is 13.2 Å². The minimum Gasteiger partial charge on any atom is -0.491 e. The Bertz CT molecular complexity index is 722. The van der Waals surface area contributed by atoms with Gasteiger partial charge in [-0.05, 0) is 43.7 Å². The number of hydrogen-bond acceptors (Lipinski definition) is 3. The molecule has 0 saturated heterocycles. The van der Waals surface area contributed by atoms with Crippen molar-refractivity contribution in [2.45, 2.75) is 18.7 Å². The summed E-state index contributed by atoms with van der Waals surface area (Å²) in [6, 6.07) is 9.06. The molecule has 3 nitrogen and oxygen atoms in total. The van der Waals surface area contributed by atoms with E-state index in [0.717, 1.165) is 46.8 Å². The summed E-state index contributed by atoms with van der Waals surface area (Å²) in [5.41, 5.74) is 2.20. The molecular formula is C18H19F2NO2S. The first-order valence-corrected chi connectivity index (χ1v) is 8.49. The molecule has 0 spiro atoms. The van der Waals surface area contributed by atoms with Crippen LogP contribution >= 0.6 is 11.8 Å². The molecule has 0 bridgehead atoms. The number of aryl methyl sites for hydroxylation is 2. The molecule has 0 radical (unpaired) electrons. The second-order valence-electron chi connectivity index (χ2n) is 5.33. The largest absolute Gasteiger partial charge is 0.491 e. The fourth-order valence-electron chi connectivity index (χ4n) is 2.09. The van der Waals surface area contributed by atoms with Crippen LogP contribution < -0.4 is 10.1 Å². The molecule has 0 aliphatic rings. The molecule has 0 fully saturated rings. The van der Waals surface area contributed by atoms with Crippen molar-refractivity contribution in [3.63, 3.8) is 0 Å². The molecule has 0 aliphatic heterocycles. The Kier molecular flexibility index (Phi) is 6.61. The molecule has 0 unspecified atom stereocenters. The van der Waals surface area contributed by atoms with Gasteiger partial charge in [0.1, 0.15) is 24.0 Å². The molecule has 2 rings (SSSR count). The smallest absolute Gasteiger partial charge is 0.230 e. The number of ether oxygens (including phenoxy) is 1. The number of nitrogens with one attached hydrogen (secondary N) is 1. The number of carbonyl (C=O) groups excluding carboxylic acids is 1. The van der Waals surface area contributed by atoms with Gasteiger partial charge in [0.15, 0.2) is 0 Å². The first-order chi connectivity index (χ1) is 11.5. The molecule has 6 heteroatoms. The Labute approximate surface area is 144 Å². The van der Waals surface area contributed by atoms with Gasteiger partial charge in [0.2, 0.25) is 5.91 Å². The number of thioether (sulfide) groups is 1. The summed E-state index contributed by atoms with van der Waals surface area (Å²) in [5.74, 6) is -0.517. The van der Waals surface area contributed by atoms with Crippen molar-refractivity contribution in [2.75, 3.05) is 18.9 Å². The van der Waals surface area contributed by atoms with Crippen LogP contribution in [0.25, 0.3) is 0 Å². The zero-order valence-corrected chi connectivity index (χ0v) is 14.4. The average molecular weight is 351 g/mol. The molecule has 0 saturated carbocycles. The minimum absolute atomic E-state index is 0.0178. The van der Waals surface area contributed by atoms with Crippen LogP contribution in [-0.2, 0) is 4.79 Å². The highest BCUT2D eigenvalue weighted by Gasteiger charge is 2.08. The van der Waals surface area contributed by atoms with Gasteiger partial charge in [-0.25, -0.2) is 8.78 Å². The number of carbonyl (C=O) groups is 1. The lowest BCUT2D eigenvalue weighted by Gasteiger charge is -2.10. The highest BCUT2D eigenvalue weighted by molar-refractivity contribution is 8.00. The second-order valence-corrected chi connectivity index (χ2v) is 6.35. The number of halogens is 2. The van der Waals surface area contributed by atoms with E-state index in [1.54, 1.807) is 0 Å². The Morgan fingerprint density at radius 3 is 2.71 bits per heavy atom. The van der Waals surface area contributed by atoms with Gasteiger partial charge in [0.05, 0.1) is 12.3 Å². The maximum Gasteiger partial charge on any atom is 0.230 e. The van der Waals surface area contributed by atoms with Crippen LogP contribution in [0.15, 0.2) is 41.3 Å². The summed E-state index contributed by atoms with van der Waals surface area (Å²) in [7, 11) is 0. The van der Waals surface area contributed by atoms with Crippen molar-refractivity contribution in [1.82, 2.24) is 5.32 Å².